The highest BCUT2D eigenvalue weighted by atomic mass is 32.1. The highest BCUT2D eigenvalue weighted by Gasteiger charge is 2.23. The van der Waals surface area contributed by atoms with Crippen molar-refractivity contribution in [1.82, 2.24) is 9.36 Å². The van der Waals surface area contributed by atoms with Crippen LogP contribution in [0.2, 0.25) is 0 Å². The second-order valence-corrected chi connectivity index (χ2v) is 5.62. The van der Waals surface area contributed by atoms with Crippen LogP contribution in [0.4, 0.5) is 5.13 Å². The Balaban J connectivity index is 1.80. The zero-order chi connectivity index (χ0) is 14.1. The Morgan fingerprint density at radius 2 is 2.20 bits per heavy atom. The maximum absolute atomic E-state index is 11.0. The minimum Gasteiger partial charge on any atom is -0.478 e. The Bertz CT molecular complexity index is 654. The molecule has 0 aliphatic carbocycles. The standard InChI is InChI=1S/C14H15N3O2S/c1-2-3-12-15-14(20-16-12)17-7-10-5-4-9(13(18)19)6-11(10)8-17/h4-6H,2-3,7-8H2,1H3,(H,18,19). The van der Waals surface area contributed by atoms with Crippen molar-refractivity contribution in [3.63, 3.8) is 0 Å². The van der Waals surface area contributed by atoms with E-state index in [1.54, 1.807) is 12.1 Å². The van der Waals surface area contributed by atoms with Crippen LogP contribution in [0.5, 0.6) is 0 Å². The summed E-state index contributed by atoms with van der Waals surface area (Å²) in [6, 6.07) is 5.31. The molecule has 20 heavy (non-hydrogen) atoms. The van der Waals surface area contributed by atoms with Crippen molar-refractivity contribution in [3.05, 3.63) is 40.7 Å². The fourth-order valence-corrected chi connectivity index (χ4v) is 3.07. The van der Waals surface area contributed by atoms with Crippen LogP contribution in [0.25, 0.3) is 0 Å². The van der Waals surface area contributed by atoms with Gasteiger partial charge < -0.3 is 10.0 Å². The number of hydrogen-bond acceptors (Lipinski definition) is 5. The van der Waals surface area contributed by atoms with Crippen LogP contribution >= 0.6 is 11.5 Å². The van der Waals surface area contributed by atoms with Gasteiger partial charge in [0, 0.05) is 31.0 Å². The summed E-state index contributed by atoms with van der Waals surface area (Å²) in [5, 5.41) is 9.95. The number of aryl methyl sites for hydroxylation is 1. The van der Waals surface area contributed by atoms with Gasteiger partial charge in [0.1, 0.15) is 5.82 Å². The van der Waals surface area contributed by atoms with E-state index in [1.165, 1.54) is 17.1 Å². The molecule has 0 bridgehead atoms. The lowest BCUT2D eigenvalue weighted by Crippen LogP contribution is -2.14. The molecular weight excluding hydrogens is 274 g/mol. The van der Waals surface area contributed by atoms with Crippen LogP contribution in [-0.4, -0.2) is 20.4 Å². The molecule has 0 saturated carbocycles. The van der Waals surface area contributed by atoms with E-state index in [9.17, 15) is 4.79 Å². The topological polar surface area (TPSA) is 66.3 Å². The first kappa shape index (κ1) is 13.1. The molecule has 0 amide bonds. The average molecular weight is 289 g/mol. The molecule has 2 aromatic rings. The summed E-state index contributed by atoms with van der Waals surface area (Å²) in [5.41, 5.74) is 2.58. The molecule has 2 heterocycles. The fourth-order valence-electron chi connectivity index (χ4n) is 2.36. The number of nitrogens with zero attached hydrogens (tertiary/aromatic N) is 3. The molecule has 1 aliphatic rings. The third kappa shape index (κ3) is 2.38. The van der Waals surface area contributed by atoms with E-state index in [2.05, 4.69) is 21.2 Å². The van der Waals surface area contributed by atoms with Gasteiger partial charge >= 0.3 is 5.97 Å². The number of rotatable bonds is 4. The number of carboxylic acid groups (broad SMARTS) is 1. The van der Waals surface area contributed by atoms with E-state index in [-0.39, 0.29) is 0 Å². The molecule has 104 valence electrons. The van der Waals surface area contributed by atoms with Crippen LogP contribution in [0.1, 0.15) is 40.7 Å². The molecule has 1 aromatic heterocycles. The smallest absolute Gasteiger partial charge is 0.335 e. The lowest BCUT2D eigenvalue weighted by molar-refractivity contribution is 0.0697. The number of anilines is 1. The Kier molecular flexibility index (Phi) is 3.40. The summed E-state index contributed by atoms with van der Waals surface area (Å²) < 4.78 is 4.35. The molecule has 0 saturated heterocycles. The van der Waals surface area contributed by atoms with Gasteiger partial charge in [0.15, 0.2) is 0 Å². The van der Waals surface area contributed by atoms with E-state index >= 15 is 0 Å². The van der Waals surface area contributed by atoms with Gasteiger partial charge in [-0.2, -0.15) is 4.37 Å². The largest absolute Gasteiger partial charge is 0.478 e. The number of carbonyl (C=O) groups is 1. The number of hydrogen-bond donors (Lipinski definition) is 1. The van der Waals surface area contributed by atoms with Crippen molar-refractivity contribution < 1.29 is 9.90 Å². The maximum Gasteiger partial charge on any atom is 0.335 e. The quantitative estimate of drug-likeness (QED) is 0.937. The van der Waals surface area contributed by atoms with E-state index in [4.69, 9.17) is 5.11 Å². The molecule has 0 atom stereocenters. The molecule has 1 aromatic carbocycles. The number of fused-ring (bicyclic) bond motifs is 1. The zero-order valence-electron chi connectivity index (χ0n) is 11.2. The monoisotopic (exact) mass is 289 g/mol. The summed E-state index contributed by atoms with van der Waals surface area (Å²) in [4.78, 5) is 17.7. The van der Waals surface area contributed by atoms with E-state index in [1.807, 2.05) is 6.07 Å². The summed E-state index contributed by atoms with van der Waals surface area (Å²) >= 11 is 1.42. The van der Waals surface area contributed by atoms with Crippen LogP contribution in [-0.2, 0) is 19.5 Å². The zero-order valence-corrected chi connectivity index (χ0v) is 12.0. The van der Waals surface area contributed by atoms with Crippen LogP contribution in [0.15, 0.2) is 18.2 Å². The third-order valence-corrected chi connectivity index (χ3v) is 4.19. The summed E-state index contributed by atoms with van der Waals surface area (Å²) in [5.74, 6) is 0.0158. The first-order valence-corrected chi connectivity index (χ1v) is 7.37. The molecule has 0 fully saturated rings. The molecule has 1 N–H and O–H groups in total. The molecule has 0 radical (unpaired) electrons. The Morgan fingerprint density at radius 3 is 2.95 bits per heavy atom. The lowest BCUT2D eigenvalue weighted by atomic mass is 10.1. The van der Waals surface area contributed by atoms with Crippen LogP contribution < -0.4 is 4.90 Å². The molecule has 3 rings (SSSR count). The van der Waals surface area contributed by atoms with Gasteiger partial charge in [-0.25, -0.2) is 9.78 Å². The van der Waals surface area contributed by atoms with Gasteiger partial charge in [-0.1, -0.05) is 13.0 Å². The Morgan fingerprint density at radius 1 is 1.40 bits per heavy atom. The second-order valence-electron chi connectivity index (χ2n) is 4.89. The average Bonchev–Trinajstić information content (AvgIpc) is 3.03. The predicted octanol–water partition coefficient (Wildman–Crippen LogP) is 2.71. The van der Waals surface area contributed by atoms with Crippen LogP contribution in [0, 0.1) is 0 Å². The highest BCUT2D eigenvalue weighted by molar-refractivity contribution is 7.09. The first-order chi connectivity index (χ1) is 9.67. The molecule has 1 aliphatic heterocycles. The van der Waals surface area contributed by atoms with Crippen molar-refractivity contribution >= 4 is 22.6 Å². The normalized spacial score (nSPS) is 13.6. The lowest BCUT2D eigenvalue weighted by Gasteiger charge is -2.11. The fraction of sp³-hybridized carbons (Fsp3) is 0.357. The van der Waals surface area contributed by atoms with Gasteiger partial charge in [0.05, 0.1) is 5.56 Å². The van der Waals surface area contributed by atoms with E-state index < -0.39 is 5.97 Å². The van der Waals surface area contributed by atoms with Gasteiger partial charge in [-0.15, -0.1) is 0 Å². The van der Waals surface area contributed by atoms with Crippen LogP contribution in [0.3, 0.4) is 0 Å². The Hall–Kier alpha value is -1.95. The molecule has 0 spiro atoms. The van der Waals surface area contributed by atoms with Gasteiger partial charge in [0.25, 0.3) is 0 Å². The minimum atomic E-state index is -0.882. The predicted molar refractivity (Wildman–Crippen MR) is 77.2 cm³/mol. The summed E-state index contributed by atoms with van der Waals surface area (Å²) in [7, 11) is 0. The third-order valence-electron chi connectivity index (χ3n) is 3.38. The summed E-state index contributed by atoms with van der Waals surface area (Å²) in [6.45, 7) is 3.59. The van der Waals surface area contributed by atoms with Crippen molar-refractivity contribution in [2.45, 2.75) is 32.9 Å². The van der Waals surface area contributed by atoms with Gasteiger partial charge in [-0.3, -0.25) is 0 Å². The van der Waals surface area contributed by atoms with Crippen molar-refractivity contribution in [1.29, 1.82) is 0 Å². The first-order valence-electron chi connectivity index (χ1n) is 6.60. The molecule has 6 heteroatoms. The van der Waals surface area contributed by atoms with Gasteiger partial charge in [-0.05, 0) is 29.7 Å². The van der Waals surface area contributed by atoms with Crippen molar-refractivity contribution in [3.8, 4) is 0 Å². The number of carboxylic acids is 1. The molecule has 5 nitrogen and oxygen atoms in total. The summed E-state index contributed by atoms with van der Waals surface area (Å²) in [6.07, 6.45) is 1.94. The molecule has 0 unspecified atom stereocenters. The maximum atomic E-state index is 11.0. The van der Waals surface area contributed by atoms with E-state index in [0.717, 1.165) is 35.9 Å². The van der Waals surface area contributed by atoms with Crippen molar-refractivity contribution in [2.24, 2.45) is 0 Å². The SMILES string of the molecule is CCCc1nsc(N2Cc3ccc(C(=O)O)cc3C2)n1. The number of aromatic nitrogens is 2. The molecular formula is C14H15N3O2S. The minimum absolute atomic E-state index is 0.342. The van der Waals surface area contributed by atoms with Gasteiger partial charge in [0.2, 0.25) is 5.13 Å². The second kappa shape index (κ2) is 5.20. The van der Waals surface area contributed by atoms with Crippen molar-refractivity contribution in [2.75, 3.05) is 4.90 Å². The van der Waals surface area contributed by atoms with E-state index in [0.29, 0.717) is 12.1 Å². The Labute approximate surface area is 121 Å². The highest BCUT2D eigenvalue weighted by Crippen LogP contribution is 2.30. The number of aromatic carboxylic acids is 1. The number of benzene rings is 1.